The first-order chi connectivity index (χ1) is 14.2. The first-order valence-electron chi connectivity index (χ1n) is 8.99. The Balaban J connectivity index is 1.64. The maximum Gasteiger partial charge on any atom is 0.419 e. The van der Waals surface area contributed by atoms with Crippen molar-refractivity contribution < 1.29 is 26.0 Å². The molecule has 3 aromatic rings. The lowest BCUT2D eigenvalue weighted by Gasteiger charge is -2.26. The Labute approximate surface area is 172 Å². The topological polar surface area (TPSA) is 128 Å². The van der Waals surface area contributed by atoms with Gasteiger partial charge in [-0.15, -0.1) is 0 Å². The van der Waals surface area contributed by atoms with Crippen LogP contribution >= 0.6 is 0 Å². The molecule has 12 heteroatoms. The largest absolute Gasteiger partial charge is 0.419 e. The van der Waals surface area contributed by atoms with Crippen LogP contribution in [-0.2, 0) is 31.8 Å². The average molecular weight is 453 g/mol. The molecule has 0 radical (unpaired) electrons. The van der Waals surface area contributed by atoms with Crippen molar-refractivity contribution in [3.05, 3.63) is 53.0 Å². The van der Waals surface area contributed by atoms with Gasteiger partial charge in [0.15, 0.2) is 5.58 Å². The van der Waals surface area contributed by atoms with Gasteiger partial charge in [0.1, 0.15) is 0 Å². The van der Waals surface area contributed by atoms with Crippen LogP contribution in [0.15, 0.2) is 61.5 Å². The molecule has 0 saturated carbocycles. The van der Waals surface area contributed by atoms with Gasteiger partial charge in [-0.05, 0) is 30.3 Å². The molecule has 4 rings (SSSR count). The van der Waals surface area contributed by atoms with Gasteiger partial charge < -0.3 is 9.15 Å². The molecular formula is C18H19N3O7S2. The fraction of sp³-hybridized carbons (Fsp3) is 0.278. The summed E-state index contributed by atoms with van der Waals surface area (Å²) < 4.78 is 66.3. The van der Waals surface area contributed by atoms with Crippen LogP contribution in [0.2, 0.25) is 0 Å². The number of benzene rings is 2. The van der Waals surface area contributed by atoms with Gasteiger partial charge >= 0.3 is 5.76 Å². The first kappa shape index (κ1) is 20.6. The van der Waals surface area contributed by atoms with E-state index < -0.39 is 25.8 Å². The molecule has 1 N–H and O–H groups in total. The summed E-state index contributed by atoms with van der Waals surface area (Å²) in [5.41, 5.74) is 0.686. The summed E-state index contributed by atoms with van der Waals surface area (Å²) in [4.78, 5) is 11.5. The predicted octanol–water partition coefficient (Wildman–Crippen LogP) is 0.953. The number of fused-ring (bicyclic) bond motifs is 1. The number of oxazole rings is 1. The van der Waals surface area contributed by atoms with E-state index in [9.17, 15) is 21.6 Å². The van der Waals surface area contributed by atoms with E-state index in [-0.39, 0.29) is 34.2 Å². The number of rotatable bonds is 5. The van der Waals surface area contributed by atoms with E-state index in [1.165, 1.54) is 58.4 Å². The predicted molar refractivity (Wildman–Crippen MR) is 108 cm³/mol. The lowest BCUT2D eigenvalue weighted by molar-refractivity contribution is 0.0730. The molecule has 0 spiro atoms. The maximum absolute atomic E-state index is 12.8. The van der Waals surface area contributed by atoms with Crippen LogP contribution in [0, 0.1) is 0 Å². The zero-order valence-corrected chi connectivity index (χ0v) is 17.6. The molecule has 2 aromatic carbocycles. The van der Waals surface area contributed by atoms with Gasteiger partial charge in [-0.3, -0.25) is 9.29 Å². The number of aryl methyl sites for hydroxylation is 1. The fourth-order valence-electron chi connectivity index (χ4n) is 3.15. The smallest absolute Gasteiger partial charge is 0.408 e. The highest BCUT2D eigenvalue weighted by Gasteiger charge is 2.27. The number of anilines is 1. The normalized spacial score (nSPS) is 16.0. The molecule has 0 unspecified atom stereocenters. The second kappa shape index (κ2) is 7.54. The van der Waals surface area contributed by atoms with E-state index in [4.69, 9.17) is 9.15 Å². The quantitative estimate of drug-likeness (QED) is 0.609. The second-order valence-corrected chi connectivity index (χ2v) is 10.3. The molecule has 160 valence electrons. The summed E-state index contributed by atoms with van der Waals surface area (Å²) in [7, 11) is -6.30. The zero-order chi connectivity index (χ0) is 21.5. The third kappa shape index (κ3) is 3.74. The molecule has 0 atom stereocenters. The monoisotopic (exact) mass is 453 g/mol. The summed E-state index contributed by atoms with van der Waals surface area (Å²) in [5, 5.41) is 0. The van der Waals surface area contributed by atoms with Crippen LogP contribution in [0.5, 0.6) is 0 Å². The lowest BCUT2D eigenvalue weighted by atomic mass is 10.3. The Morgan fingerprint density at radius 3 is 2.43 bits per heavy atom. The average Bonchev–Trinajstić information content (AvgIpc) is 3.02. The Morgan fingerprint density at radius 2 is 1.70 bits per heavy atom. The number of nitrogens with one attached hydrogen (secondary N) is 1. The third-order valence-corrected chi connectivity index (χ3v) is 8.04. The number of hydrogen-bond donors (Lipinski definition) is 1. The van der Waals surface area contributed by atoms with Crippen molar-refractivity contribution in [1.29, 1.82) is 0 Å². The van der Waals surface area contributed by atoms with Crippen molar-refractivity contribution in [2.75, 3.05) is 31.0 Å². The van der Waals surface area contributed by atoms with Crippen LogP contribution in [0.25, 0.3) is 11.1 Å². The summed E-state index contributed by atoms with van der Waals surface area (Å²) in [5.74, 6) is -0.603. The van der Waals surface area contributed by atoms with Crippen molar-refractivity contribution in [1.82, 2.24) is 8.87 Å². The standard InChI is InChI=1S/C18H19N3O7S2/c1-20-16-6-5-14(12-17(16)28-18(20)22)29(23,24)19-13-3-2-4-15(11-13)30(25,26)21-7-9-27-10-8-21/h2-6,11-12,19H,7-10H2,1H3. The van der Waals surface area contributed by atoms with E-state index >= 15 is 0 Å². The van der Waals surface area contributed by atoms with Gasteiger partial charge in [-0.1, -0.05) is 6.07 Å². The number of morpholine rings is 1. The van der Waals surface area contributed by atoms with Crippen molar-refractivity contribution in [3.8, 4) is 0 Å². The summed E-state index contributed by atoms with van der Waals surface area (Å²) >= 11 is 0. The number of aromatic nitrogens is 1. The summed E-state index contributed by atoms with van der Waals surface area (Å²) in [6, 6.07) is 9.65. The van der Waals surface area contributed by atoms with Crippen molar-refractivity contribution in [2.24, 2.45) is 7.05 Å². The summed E-state index contributed by atoms with van der Waals surface area (Å²) in [6.45, 7) is 1.09. The minimum Gasteiger partial charge on any atom is -0.408 e. The van der Waals surface area contributed by atoms with Gasteiger partial charge in [0.25, 0.3) is 10.0 Å². The van der Waals surface area contributed by atoms with Crippen LogP contribution in [-0.4, -0.2) is 52.0 Å². The second-order valence-electron chi connectivity index (χ2n) is 6.71. The van der Waals surface area contributed by atoms with Gasteiger partial charge in [0, 0.05) is 26.2 Å². The highest BCUT2D eigenvalue weighted by Crippen LogP contribution is 2.24. The van der Waals surface area contributed by atoms with Crippen molar-refractivity contribution >= 4 is 36.8 Å². The fourth-order valence-corrected chi connectivity index (χ4v) is 5.67. The molecule has 1 fully saturated rings. The van der Waals surface area contributed by atoms with Gasteiger partial charge in [-0.2, -0.15) is 4.31 Å². The minimum absolute atomic E-state index is 0.0193. The van der Waals surface area contributed by atoms with Crippen molar-refractivity contribution in [3.63, 3.8) is 0 Å². The van der Waals surface area contributed by atoms with Gasteiger partial charge in [0.2, 0.25) is 10.0 Å². The molecule has 0 aliphatic carbocycles. The molecule has 0 amide bonds. The number of ether oxygens (including phenoxy) is 1. The maximum atomic E-state index is 12.8. The van der Waals surface area contributed by atoms with Crippen LogP contribution in [0.4, 0.5) is 5.69 Å². The molecule has 1 saturated heterocycles. The molecule has 1 aliphatic heterocycles. The molecule has 1 aliphatic rings. The van der Waals surface area contributed by atoms with Gasteiger partial charge in [0.05, 0.1) is 34.2 Å². The molecule has 0 bridgehead atoms. The first-order valence-corrected chi connectivity index (χ1v) is 11.9. The Bertz CT molecular complexity index is 1370. The number of hydrogen-bond acceptors (Lipinski definition) is 7. The minimum atomic E-state index is -4.05. The SMILES string of the molecule is Cn1c(=O)oc2cc(S(=O)(=O)Nc3cccc(S(=O)(=O)N4CCOCC4)c3)ccc21. The van der Waals surface area contributed by atoms with E-state index in [2.05, 4.69) is 4.72 Å². The molecule has 10 nitrogen and oxygen atoms in total. The summed E-state index contributed by atoms with van der Waals surface area (Å²) in [6.07, 6.45) is 0. The number of nitrogens with zero attached hydrogens (tertiary/aromatic N) is 2. The van der Waals surface area contributed by atoms with E-state index in [1.807, 2.05) is 0 Å². The lowest BCUT2D eigenvalue weighted by Crippen LogP contribution is -2.40. The highest BCUT2D eigenvalue weighted by molar-refractivity contribution is 7.92. The molecule has 1 aromatic heterocycles. The van der Waals surface area contributed by atoms with Crippen LogP contribution < -0.4 is 10.5 Å². The highest BCUT2D eigenvalue weighted by atomic mass is 32.2. The Morgan fingerprint density at radius 1 is 0.967 bits per heavy atom. The van der Waals surface area contributed by atoms with Crippen LogP contribution in [0.1, 0.15) is 0 Å². The van der Waals surface area contributed by atoms with Crippen molar-refractivity contribution in [2.45, 2.75) is 9.79 Å². The van der Waals surface area contributed by atoms with Crippen LogP contribution in [0.3, 0.4) is 0 Å². The van der Waals surface area contributed by atoms with Gasteiger partial charge in [-0.25, -0.2) is 21.6 Å². The zero-order valence-electron chi connectivity index (χ0n) is 15.9. The van der Waals surface area contributed by atoms with E-state index in [0.29, 0.717) is 18.7 Å². The Hall–Kier alpha value is -2.67. The number of sulfonamides is 2. The van der Waals surface area contributed by atoms with E-state index in [1.54, 1.807) is 0 Å². The molecule has 2 heterocycles. The molecular weight excluding hydrogens is 434 g/mol. The third-order valence-electron chi connectivity index (χ3n) is 4.77. The van der Waals surface area contributed by atoms with E-state index in [0.717, 1.165) is 0 Å². The molecule has 30 heavy (non-hydrogen) atoms. The Kier molecular flexibility index (Phi) is 5.18.